The lowest BCUT2D eigenvalue weighted by Gasteiger charge is -1.97. The Kier molecular flexibility index (Phi) is 3.37. The molecule has 0 bridgehead atoms. The average Bonchev–Trinajstić information content (AvgIpc) is 2.72. The van der Waals surface area contributed by atoms with E-state index in [-0.39, 0.29) is 0 Å². The van der Waals surface area contributed by atoms with Gasteiger partial charge in [-0.2, -0.15) is 4.57 Å². The van der Waals surface area contributed by atoms with Crippen molar-refractivity contribution in [2.45, 2.75) is 6.54 Å². The Bertz CT molecular complexity index is 708. The second-order valence-electron chi connectivity index (χ2n) is 4.09. The highest BCUT2D eigenvalue weighted by Gasteiger charge is 2.12. The van der Waals surface area contributed by atoms with Gasteiger partial charge in [-0.1, -0.05) is 51.0 Å². The van der Waals surface area contributed by atoms with Gasteiger partial charge in [0.05, 0.1) is 0 Å². The summed E-state index contributed by atoms with van der Waals surface area (Å²) in [6.45, 7) is 0.876. The van der Waals surface area contributed by atoms with E-state index in [0.29, 0.717) is 0 Å². The van der Waals surface area contributed by atoms with E-state index in [1.807, 2.05) is 18.2 Å². The van der Waals surface area contributed by atoms with Crippen molar-refractivity contribution in [1.82, 2.24) is 0 Å². The first-order valence-electron chi connectivity index (χ1n) is 5.53. The van der Waals surface area contributed by atoms with Crippen molar-refractivity contribution >= 4 is 49.1 Å². The van der Waals surface area contributed by atoms with Crippen LogP contribution in [0.1, 0.15) is 5.56 Å². The van der Waals surface area contributed by atoms with E-state index in [0.717, 1.165) is 16.0 Å². The predicted molar refractivity (Wildman–Crippen MR) is 80.3 cm³/mol. The van der Waals surface area contributed by atoms with Gasteiger partial charge in [0.1, 0.15) is 4.70 Å². The first kappa shape index (κ1) is 12.2. The van der Waals surface area contributed by atoms with Gasteiger partial charge in [0.15, 0.2) is 6.54 Å². The number of hydrogen-bond acceptors (Lipinski definition) is 1. The van der Waals surface area contributed by atoms with Crippen LogP contribution in [-0.4, -0.2) is 0 Å². The molecule has 90 valence electrons. The lowest BCUT2D eigenvalue weighted by molar-refractivity contribution is -0.658. The lowest BCUT2D eigenvalue weighted by atomic mass is 10.2. The molecule has 1 nitrogen and oxygen atoms in total. The smallest absolute Gasteiger partial charge is 0.184 e. The lowest BCUT2D eigenvalue weighted by Crippen LogP contribution is -2.31. The summed E-state index contributed by atoms with van der Waals surface area (Å²) in [6, 6.07) is 14.4. The molecule has 0 fully saturated rings. The monoisotopic (exact) mass is 338 g/mol. The second-order valence-corrected chi connectivity index (χ2v) is 6.33. The topological polar surface area (TPSA) is 3.88 Å². The summed E-state index contributed by atoms with van der Waals surface area (Å²) < 4.78 is 4.58. The summed E-state index contributed by atoms with van der Waals surface area (Å²) in [5.74, 6) is 0. The van der Waals surface area contributed by atoms with Gasteiger partial charge in [0, 0.05) is 21.1 Å². The van der Waals surface area contributed by atoms with E-state index in [2.05, 4.69) is 50.3 Å². The number of thiazole rings is 1. The quantitative estimate of drug-likeness (QED) is 0.598. The molecule has 4 heteroatoms. The van der Waals surface area contributed by atoms with Crippen LogP contribution in [-0.2, 0) is 6.54 Å². The first-order valence-corrected chi connectivity index (χ1v) is 7.58. The molecule has 0 aliphatic heterocycles. The number of halogens is 2. The van der Waals surface area contributed by atoms with Crippen molar-refractivity contribution in [2.75, 3.05) is 0 Å². The van der Waals surface area contributed by atoms with E-state index >= 15 is 0 Å². The van der Waals surface area contributed by atoms with Crippen molar-refractivity contribution in [3.8, 4) is 0 Å². The van der Waals surface area contributed by atoms with Crippen molar-refractivity contribution in [1.29, 1.82) is 0 Å². The van der Waals surface area contributed by atoms with Crippen LogP contribution in [0.5, 0.6) is 0 Å². The molecule has 1 heterocycles. The highest BCUT2D eigenvalue weighted by atomic mass is 79.9. The van der Waals surface area contributed by atoms with Gasteiger partial charge in [-0.3, -0.25) is 0 Å². The number of fused-ring (bicyclic) bond motifs is 1. The summed E-state index contributed by atoms with van der Waals surface area (Å²) in [6.07, 6.45) is 0. The Labute approximate surface area is 123 Å². The molecule has 0 aliphatic carbocycles. The summed E-state index contributed by atoms with van der Waals surface area (Å²) >= 11 is 11.2. The summed E-state index contributed by atoms with van der Waals surface area (Å²) in [4.78, 5) is 0. The molecule has 0 saturated heterocycles. The molecule has 0 saturated carbocycles. The Morgan fingerprint density at radius 2 is 2.06 bits per heavy atom. The fourth-order valence-corrected chi connectivity index (χ4v) is 3.56. The van der Waals surface area contributed by atoms with Crippen LogP contribution in [0, 0.1) is 0 Å². The predicted octanol–water partition coefficient (Wildman–Crippen LogP) is 4.65. The van der Waals surface area contributed by atoms with Crippen LogP contribution in [0.15, 0.2) is 52.4 Å². The Hall–Kier alpha value is -0.900. The highest BCUT2D eigenvalue weighted by molar-refractivity contribution is 9.10. The third-order valence-electron chi connectivity index (χ3n) is 2.78. The molecular formula is C14H10BrClNS+. The van der Waals surface area contributed by atoms with Crippen LogP contribution in [0.4, 0.5) is 0 Å². The molecule has 0 unspecified atom stereocenters. The molecule has 0 atom stereocenters. The van der Waals surface area contributed by atoms with E-state index in [4.69, 9.17) is 11.6 Å². The highest BCUT2D eigenvalue weighted by Crippen LogP contribution is 2.21. The van der Waals surface area contributed by atoms with Gasteiger partial charge in [0.2, 0.25) is 11.0 Å². The van der Waals surface area contributed by atoms with Gasteiger partial charge in [-0.25, -0.2) is 0 Å². The fourth-order valence-electron chi connectivity index (χ4n) is 1.95. The zero-order valence-corrected chi connectivity index (χ0v) is 12.6. The zero-order valence-electron chi connectivity index (χ0n) is 9.44. The van der Waals surface area contributed by atoms with Crippen molar-refractivity contribution in [3.05, 3.63) is 63.0 Å². The van der Waals surface area contributed by atoms with Crippen LogP contribution in [0.2, 0.25) is 5.02 Å². The van der Waals surface area contributed by atoms with Gasteiger partial charge in [0.25, 0.3) is 0 Å². The minimum Gasteiger partial charge on any atom is -0.184 e. The molecule has 3 aromatic rings. The molecular weight excluding hydrogens is 330 g/mol. The molecule has 18 heavy (non-hydrogen) atoms. The van der Waals surface area contributed by atoms with E-state index in [1.54, 1.807) is 11.3 Å². The minimum absolute atomic E-state index is 0.791. The first-order chi connectivity index (χ1) is 8.72. The summed E-state index contributed by atoms with van der Waals surface area (Å²) in [7, 11) is 0. The summed E-state index contributed by atoms with van der Waals surface area (Å²) in [5.41, 5.74) is 4.65. The third-order valence-corrected chi connectivity index (χ3v) is 4.45. The number of aromatic nitrogens is 1. The average molecular weight is 340 g/mol. The molecule has 0 amide bonds. The Morgan fingerprint density at radius 3 is 2.89 bits per heavy atom. The van der Waals surface area contributed by atoms with Gasteiger partial charge in [-0.15, -0.1) is 0 Å². The number of benzene rings is 2. The maximum atomic E-state index is 6.00. The molecule has 0 aliphatic rings. The van der Waals surface area contributed by atoms with Crippen LogP contribution >= 0.6 is 38.9 Å². The number of hydrogen-bond donors (Lipinski definition) is 0. The molecule has 2 aromatic carbocycles. The third kappa shape index (κ3) is 2.44. The molecule has 3 rings (SSSR count). The fraction of sp³-hybridized carbons (Fsp3) is 0.0714. The molecule has 1 aromatic heterocycles. The maximum absolute atomic E-state index is 6.00. The number of rotatable bonds is 2. The van der Waals surface area contributed by atoms with E-state index in [9.17, 15) is 0 Å². The van der Waals surface area contributed by atoms with Gasteiger partial charge < -0.3 is 0 Å². The van der Waals surface area contributed by atoms with Crippen molar-refractivity contribution < 1.29 is 4.57 Å². The normalized spacial score (nSPS) is 11.0. The Balaban J connectivity index is 2.00. The van der Waals surface area contributed by atoms with Crippen LogP contribution in [0.3, 0.4) is 0 Å². The van der Waals surface area contributed by atoms with E-state index < -0.39 is 0 Å². The summed E-state index contributed by atoms with van der Waals surface area (Å²) in [5, 5.41) is 0.791. The minimum atomic E-state index is 0.791. The van der Waals surface area contributed by atoms with Crippen LogP contribution < -0.4 is 4.57 Å². The molecule has 0 N–H and O–H groups in total. The molecule has 0 radical (unpaired) electrons. The van der Waals surface area contributed by atoms with Crippen molar-refractivity contribution in [2.24, 2.45) is 0 Å². The standard InChI is InChI=1S/C14H10BrClNS/c15-11-3-1-2-10(6-11)8-17-9-18-14-7-12(16)4-5-13(14)17/h1-7,9H,8H2/q+1. The largest absolute Gasteiger partial charge is 0.226 e. The van der Waals surface area contributed by atoms with Gasteiger partial charge >= 0.3 is 0 Å². The Morgan fingerprint density at radius 1 is 1.17 bits per heavy atom. The van der Waals surface area contributed by atoms with Crippen molar-refractivity contribution in [3.63, 3.8) is 0 Å². The molecule has 0 spiro atoms. The van der Waals surface area contributed by atoms with Gasteiger partial charge in [-0.05, 0) is 24.3 Å². The number of nitrogens with zero attached hydrogens (tertiary/aromatic N) is 1. The van der Waals surface area contributed by atoms with Crippen LogP contribution in [0.25, 0.3) is 10.2 Å². The SMILES string of the molecule is Clc1ccc2c(c1)sc[n+]2Cc1cccc(Br)c1. The second kappa shape index (κ2) is 5.00. The van der Waals surface area contributed by atoms with E-state index in [1.165, 1.54) is 15.8 Å². The maximum Gasteiger partial charge on any atom is 0.226 e. The zero-order chi connectivity index (χ0) is 12.5.